The maximum absolute atomic E-state index is 11.7. The lowest BCUT2D eigenvalue weighted by Gasteiger charge is -2.35. The molecule has 6 nitrogen and oxygen atoms in total. The zero-order valence-corrected chi connectivity index (χ0v) is 11.1. The summed E-state index contributed by atoms with van der Waals surface area (Å²) in [7, 11) is 0. The monoisotopic (exact) mass is 275 g/mol. The molecule has 0 aliphatic carbocycles. The average Bonchev–Trinajstić information content (AvgIpc) is 2.75. The van der Waals surface area contributed by atoms with Crippen molar-refractivity contribution in [2.24, 2.45) is 0 Å². The summed E-state index contributed by atoms with van der Waals surface area (Å²) in [5.74, 6) is -0.630. The van der Waals surface area contributed by atoms with Crippen LogP contribution in [0.3, 0.4) is 0 Å². The van der Waals surface area contributed by atoms with E-state index in [0.717, 1.165) is 31.9 Å². The van der Waals surface area contributed by atoms with Gasteiger partial charge in [-0.1, -0.05) is 0 Å². The second-order valence-electron chi connectivity index (χ2n) is 5.07. The molecule has 0 saturated carbocycles. The van der Waals surface area contributed by atoms with E-state index in [-0.39, 0.29) is 18.4 Å². The molecule has 106 valence electrons. The number of imide groups is 1. The molecule has 2 aliphatic heterocycles. The van der Waals surface area contributed by atoms with Crippen molar-refractivity contribution in [1.82, 2.24) is 10.2 Å². The maximum Gasteiger partial charge on any atom is 0.259 e. The molecule has 0 spiro atoms. The number of carbonyl (C=O) groups is 2. The van der Waals surface area contributed by atoms with Crippen molar-refractivity contribution in [2.45, 2.75) is 0 Å². The topological polar surface area (TPSA) is 72.9 Å². The highest BCUT2D eigenvalue weighted by atomic mass is 16.3. The van der Waals surface area contributed by atoms with E-state index in [2.05, 4.69) is 15.1 Å². The van der Waals surface area contributed by atoms with Crippen molar-refractivity contribution in [1.29, 1.82) is 0 Å². The van der Waals surface area contributed by atoms with Crippen LogP contribution in [0.1, 0.15) is 20.7 Å². The van der Waals surface area contributed by atoms with Gasteiger partial charge in [0.1, 0.15) is 0 Å². The van der Waals surface area contributed by atoms with E-state index >= 15 is 0 Å². The lowest BCUT2D eigenvalue weighted by molar-refractivity contribution is 0.0879. The average molecular weight is 275 g/mol. The molecule has 2 aliphatic rings. The summed E-state index contributed by atoms with van der Waals surface area (Å²) in [6.07, 6.45) is 0. The molecule has 0 bridgehead atoms. The third kappa shape index (κ3) is 2.28. The van der Waals surface area contributed by atoms with Gasteiger partial charge in [-0.15, -0.1) is 0 Å². The Labute approximate surface area is 117 Å². The first kappa shape index (κ1) is 13.1. The van der Waals surface area contributed by atoms with E-state index in [0.29, 0.717) is 17.7 Å². The number of piperazine rings is 1. The van der Waals surface area contributed by atoms with Crippen LogP contribution < -0.4 is 10.2 Å². The molecule has 0 aromatic heterocycles. The Morgan fingerprint density at radius 3 is 2.45 bits per heavy atom. The lowest BCUT2D eigenvalue weighted by Crippen LogP contribution is -2.47. The first-order chi connectivity index (χ1) is 9.69. The van der Waals surface area contributed by atoms with Gasteiger partial charge in [-0.2, -0.15) is 0 Å². The van der Waals surface area contributed by atoms with Crippen molar-refractivity contribution < 1.29 is 14.7 Å². The molecule has 6 heteroatoms. The summed E-state index contributed by atoms with van der Waals surface area (Å²) in [6, 6.07) is 5.39. The number of aliphatic hydroxyl groups excluding tert-OH is 1. The number of benzene rings is 1. The van der Waals surface area contributed by atoms with E-state index in [9.17, 15) is 9.59 Å². The molecule has 1 aromatic carbocycles. The number of β-amino-alcohol motifs (C(OH)–C–C–N with tert-alkyl or cyclic N) is 1. The third-order valence-corrected chi connectivity index (χ3v) is 3.87. The van der Waals surface area contributed by atoms with Gasteiger partial charge in [0.25, 0.3) is 11.8 Å². The highest BCUT2D eigenvalue weighted by molar-refractivity contribution is 6.21. The summed E-state index contributed by atoms with van der Waals surface area (Å²) in [6.45, 7) is 4.38. The minimum absolute atomic E-state index is 0.182. The van der Waals surface area contributed by atoms with Gasteiger partial charge in [0, 0.05) is 38.4 Å². The van der Waals surface area contributed by atoms with Crippen LogP contribution in [-0.2, 0) is 0 Å². The van der Waals surface area contributed by atoms with Crippen molar-refractivity contribution in [3.63, 3.8) is 0 Å². The zero-order valence-electron chi connectivity index (χ0n) is 11.1. The lowest BCUT2D eigenvalue weighted by atomic mass is 10.1. The number of aliphatic hydroxyl groups is 1. The number of carbonyl (C=O) groups excluding carboxylic acids is 2. The number of anilines is 1. The van der Waals surface area contributed by atoms with Crippen molar-refractivity contribution in [3.05, 3.63) is 29.3 Å². The molecule has 1 fully saturated rings. The maximum atomic E-state index is 11.7. The third-order valence-electron chi connectivity index (χ3n) is 3.87. The highest BCUT2D eigenvalue weighted by Gasteiger charge is 2.27. The summed E-state index contributed by atoms with van der Waals surface area (Å²) in [5, 5.41) is 11.2. The van der Waals surface area contributed by atoms with E-state index in [1.165, 1.54) is 0 Å². The van der Waals surface area contributed by atoms with Gasteiger partial charge in [-0.25, -0.2) is 0 Å². The van der Waals surface area contributed by atoms with Crippen LogP contribution in [0.15, 0.2) is 18.2 Å². The van der Waals surface area contributed by atoms with Crippen molar-refractivity contribution >= 4 is 17.5 Å². The number of nitrogens with zero attached hydrogens (tertiary/aromatic N) is 2. The minimum Gasteiger partial charge on any atom is -0.395 e. The van der Waals surface area contributed by atoms with Gasteiger partial charge >= 0.3 is 0 Å². The molecular weight excluding hydrogens is 258 g/mol. The molecule has 1 saturated heterocycles. The fourth-order valence-electron chi connectivity index (χ4n) is 2.72. The van der Waals surface area contributed by atoms with E-state index in [4.69, 9.17) is 5.11 Å². The Bertz CT molecular complexity index is 551. The summed E-state index contributed by atoms with van der Waals surface area (Å²) < 4.78 is 0. The molecule has 0 atom stereocenters. The SMILES string of the molecule is O=C1NC(=O)c2cc(N3CCN(CCO)CC3)ccc21. The van der Waals surface area contributed by atoms with Crippen LogP contribution in [0, 0.1) is 0 Å². The molecular formula is C14H17N3O3. The Morgan fingerprint density at radius 2 is 1.75 bits per heavy atom. The van der Waals surface area contributed by atoms with Crippen LogP contribution >= 0.6 is 0 Å². The van der Waals surface area contributed by atoms with Crippen LogP contribution in [0.2, 0.25) is 0 Å². The number of hydrogen-bond acceptors (Lipinski definition) is 5. The van der Waals surface area contributed by atoms with E-state index in [1.807, 2.05) is 6.07 Å². The van der Waals surface area contributed by atoms with Gasteiger partial charge in [-0.05, 0) is 18.2 Å². The molecule has 3 rings (SSSR count). The molecule has 0 radical (unpaired) electrons. The van der Waals surface area contributed by atoms with E-state index in [1.54, 1.807) is 12.1 Å². The Morgan fingerprint density at radius 1 is 1.05 bits per heavy atom. The number of hydrogen-bond donors (Lipinski definition) is 2. The van der Waals surface area contributed by atoms with Gasteiger partial charge in [-0.3, -0.25) is 19.8 Å². The molecule has 2 heterocycles. The van der Waals surface area contributed by atoms with E-state index < -0.39 is 0 Å². The quantitative estimate of drug-likeness (QED) is 0.740. The van der Waals surface area contributed by atoms with Gasteiger partial charge in [0.15, 0.2) is 0 Å². The summed E-state index contributed by atoms with van der Waals surface area (Å²) in [5.41, 5.74) is 1.89. The Hall–Kier alpha value is -1.92. The second-order valence-corrected chi connectivity index (χ2v) is 5.07. The summed E-state index contributed by atoms with van der Waals surface area (Å²) >= 11 is 0. The first-order valence-electron chi connectivity index (χ1n) is 6.77. The van der Waals surface area contributed by atoms with Crippen LogP contribution in [-0.4, -0.2) is 61.2 Å². The summed E-state index contributed by atoms with van der Waals surface area (Å²) in [4.78, 5) is 27.6. The number of amides is 2. The van der Waals surface area contributed by atoms with Crippen LogP contribution in [0.25, 0.3) is 0 Å². The van der Waals surface area contributed by atoms with Gasteiger partial charge < -0.3 is 10.0 Å². The first-order valence-corrected chi connectivity index (χ1v) is 6.77. The van der Waals surface area contributed by atoms with Crippen molar-refractivity contribution in [2.75, 3.05) is 44.2 Å². The zero-order chi connectivity index (χ0) is 14.1. The fourth-order valence-corrected chi connectivity index (χ4v) is 2.72. The normalized spacial score (nSPS) is 19.1. The number of nitrogens with one attached hydrogen (secondary N) is 1. The van der Waals surface area contributed by atoms with Crippen LogP contribution in [0.5, 0.6) is 0 Å². The predicted octanol–water partition coefficient (Wildman–Crippen LogP) is -0.315. The van der Waals surface area contributed by atoms with Gasteiger partial charge in [0.05, 0.1) is 17.7 Å². The molecule has 2 amide bonds. The van der Waals surface area contributed by atoms with Crippen molar-refractivity contribution in [3.8, 4) is 0 Å². The smallest absolute Gasteiger partial charge is 0.259 e. The predicted molar refractivity (Wildman–Crippen MR) is 74.0 cm³/mol. The molecule has 1 aromatic rings. The number of rotatable bonds is 3. The molecule has 2 N–H and O–H groups in total. The Balaban J connectivity index is 1.75. The Kier molecular flexibility index (Phi) is 3.42. The van der Waals surface area contributed by atoms with Crippen LogP contribution in [0.4, 0.5) is 5.69 Å². The highest BCUT2D eigenvalue weighted by Crippen LogP contribution is 2.23. The molecule has 0 unspecified atom stereocenters. The second kappa shape index (κ2) is 5.22. The fraction of sp³-hybridized carbons (Fsp3) is 0.429. The largest absolute Gasteiger partial charge is 0.395 e. The standard InChI is InChI=1S/C14H17N3O3/c18-8-7-16-3-5-17(6-4-16)10-1-2-11-12(9-10)14(20)15-13(11)19/h1-2,9,18H,3-8H2,(H,15,19,20). The number of fused-ring (bicyclic) bond motifs is 1. The minimum atomic E-state index is -0.315. The van der Waals surface area contributed by atoms with Gasteiger partial charge in [0.2, 0.25) is 0 Å². The molecule has 20 heavy (non-hydrogen) atoms.